The number of hydrogen-bond acceptors (Lipinski definition) is 3. The molecule has 0 aromatic heterocycles. The maximum atomic E-state index is 9.45. The lowest BCUT2D eigenvalue weighted by molar-refractivity contribution is 0.252. The quantitative estimate of drug-likeness (QED) is 0.900. The van der Waals surface area contributed by atoms with Crippen LogP contribution in [0.1, 0.15) is 12.0 Å². The Morgan fingerprint density at radius 1 is 1.18 bits per heavy atom. The van der Waals surface area contributed by atoms with Crippen molar-refractivity contribution in [3.63, 3.8) is 0 Å². The van der Waals surface area contributed by atoms with Crippen molar-refractivity contribution in [3.05, 3.63) is 46.2 Å². The van der Waals surface area contributed by atoms with Crippen LogP contribution in [0.4, 0.5) is 0 Å². The van der Waals surface area contributed by atoms with Crippen LogP contribution >= 0.6 is 23.5 Å². The van der Waals surface area contributed by atoms with Gasteiger partial charge in [0.1, 0.15) is 0 Å². The highest BCUT2D eigenvalue weighted by atomic mass is 32.2. The molecule has 92 valence electrons. The van der Waals surface area contributed by atoms with Crippen molar-refractivity contribution in [2.45, 2.75) is 12.8 Å². The summed E-state index contributed by atoms with van der Waals surface area (Å²) < 4.78 is 1.39. The number of rotatable bonds is 4. The first kappa shape index (κ1) is 13.1. The minimum atomic E-state index is 0.236. The summed E-state index contributed by atoms with van der Waals surface area (Å²) in [6.07, 6.45) is 4.48. The van der Waals surface area contributed by atoms with Crippen LogP contribution in [0.15, 0.2) is 40.6 Å². The monoisotopic (exact) mass is 266 g/mol. The van der Waals surface area contributed by atoms with Gasteiger partial charge in [-0.15, -0.1) is 23.5 Å². The van der Waals surface area contributed by atoms with E-state index in [1.165, 1.54) is 27.7 Å². The molecule has 0 radical (unpaired) electrons. The molecule has 1 aliphatic rings. The molecule has 1 nitrogen and oxygen atoms in total. The summed E-state index contributed by atoms with van der Waals surface area (Å²) in [4.78, 5) is 0. The summed E-state index contributed by atoms with van der Waals surface area (Å²) >= 11 is 3.86. The van der Waals surface area contributed by atoms with Crippen LogP contribution in [0.3, 0.4) is 0 Å². The minimum Gasteiger partial charge on any atom is -0.396 e. The molecule has 1 heterocycles. The highest BCUT2D eigenvalue weighted by molar-refractivity contribution is 8.22. The summed E-state index contributed by atoms with van der Waals surface area (Å²) in [5.74, 6) is 2.70. The van der Waals surface area contributed by atoms with Gasteiger partial charge >= 0.3 is 0 Å². The molecule has 0 amide bonds. The van der Waals surface area contributed by atoms with Crippen molar-refractivity contribution >= 4 is 23.5 Å². The SMILES string of the molecule is OC[C@H](C=C1SCCCS1)Cc1ccccc1. The smallest absolute Gasteiger partial charge is 0.0497 e. The molecule has 3 heteroatoms. The summed E-state index contributed by atoms with van der Waals surface area (Å²) in [6.45, 7) is 0.236. The largest absolute Gasteiger partial charge is 0.396 e. The van der Waals surface area contributed by atoms with Gasteiger partial charge in [-0.05, 0) is 29.9 Å². The third-order valence-corrected chi connectivity index (χ3v) is 5.26. The first-order valence-electron chi connectivity index (χ1n) is 6.00. The predicted molar refractivity (Wildman–Crippen MR) is 78.3 cm³/mol. The van der Waals surface area contributed by atoms with E-state index in [4.69, 9.17) is 0 Å². The Kier molecular flexibility index (Phi) is 5.49. The van der Waals surface area contributed by atoms with Gasteiger partial charge in [-0.1, -0.05) is 36.4 Å². The molecule has 1 aromatic rings. The van der Waals surface area contributed by atoms with Gasteiger partial charge in [0, 0.05) is 16.8 Å². The van der Waals surface area contributed by atoms with Crippen molar-refractivity contribution in [1.29, 1.82) is 0 Å². The van der Waals surface area contributed by atoms with Crippen LogP contribution in [-0.2, 0) is 6.42 Å². The second-order valence-electron chi connectivity index (χ2n) is 4.17. The van der Waals surface area contributed by atoms with Gasteiger partial charge in [-0.25, -0.2) is 0 Å². The lowest BCUT2D eigenvalue weighted by Crippen LogP contribution is -2.07. The van der Waals surface area contributed by atoms with Crippen molar-refractivity contribution in [2.24, 2.45) is 5.92 Å². The van der Waals surface area contributed by atoms with Crippen molar-refractivity contribution in [1.82, 2.24) is 0 Å². The second kappa shape index (κ2) is 7.14. The maximum Gasteiger partial charge on any atom is 0.0497 e. The molecule has 0 saturated carbocycles. The molecule has 0 bridgehead atoms. The minimum absolute atomic E-state index is 0.236. The Bertz CT molecular complexity index is 354. The van der Waals surface area contributed by atoms with E-state index in [9.17, 15) is 5.11 Å². The van der Waals surface area contributed by atoms with Gasteiger partial charge < -0.3 is 5.11 Å². The second-order valence-corrected chi connectivity index (χ2v) is 6.70. The highest BCUT2D eigenvalue weighted by Gasteiger charge is 2.11. The Balaban J connectivity index is 1.96. The number of benzene rings is 1. The van der Waals surface area contributed by atoms with Gasteiger partial charge in [0.25, 0.3) is 0 Å². The van der Waals surface area contributed by atoms with Crippen LogP contribution in [0.2, 0.25) is 0 Å². The average Bonchev–Trinajstić information content (AvgIpc) is 2.40. The van der Waals surface area contributed by atoms with E-state index in [-0.39, 0.29) is 12.5 Å². The lowest BCUT2D eigenvalue weighted by Gasteiger charge is -2.16. The molecule has 1 fully saturated rings. The van der Waals surface area contributed by atoms with Crippen LogP contribution in [0.25, 0.3) is 0 Å². The van der Waals surface area contributed by atoms with Crippen LogP contribution in [-0.4, -0.2) is 23.2 Å². The summed E-state index contributed by atoms with van der Waals surface area (Å²) in [5.41, 5.74) is 1.30. The molecular weight excluding hydrogens is 248 g/mol. The zero-order chi connectivity index (χ0) is 11.9. The summed E-state index contributed by atoms with van der Waals surface area (Å²) in [7, 11) is 0. The molecule has 2 rings (SSSR count). The van der Waals surface area contributed by atoms with E-state index >= 15 is 0 Å². The number of thioether (sulfide) groups is 2. The molecule has 1 aliphatic heterocycles. The Hall–Kier alpha value is -0.380. The molecule has 1 saturated heterocycles. The topological polar surface area (TPSA) is 20.2 Å². The van der Waals surface area contributed by atoms with E-state index in [1.807, 2.05) is 29.6 Å². The molecule has 1 atom stereocenters. The number of aliphatic hydroxyl groups is 1. The van der Waals surface area contributed by atoms with Crippen molar-refractivity contribution in [2.75, 3.05) is 18.1 Å². The van der Waals surface area contributed by atoms with Gasteiger partial charge in [-0.3, -0.25) is 0 Å². The van der Waals surface area contributed by atoms with Gasteiger partial charge in [0.2, 0.25) is 0 Å². The first-order valence-corrected chi connectivity index (χ1v) is 7.98. The van der Waals surface area contributed by atoms with E-state index in [2.05, 4.69) is 30.3 Å². The van der Waals surface area contributed by atoms with Gasteiger partial charge in [0.05, 0.1) is 0 Å². The lowest BCUT2D eigenvalue weighted by atomic mass is 10.0. The van der Waals surface area contributed by atoms with Crippen LogP contribution in [0.5, 0.6) is 0 Å². The molecular formula is C14H18OS2. The molecule has 0 aliphatic carbocycles. The molecule has 0 unspecified atom stereocenters. The fourth-order valence-corrected chi connectivity index (χ4v) is 4.40. The average molecular weight is 266 g/mol. The Morgan fingerprint density at radius 2 is 1.88 bits per heavy atom. The third-order valence-electron chi connectivity index (χ3n) is 2.72. The van der Waals surface area contributed by atoms with Gasteiger partial charge in [-0.2, -0.15) is 0 Å². The molecule has 17 heavy (non-hydrogen) atoms. The van der Waals surface area contributed by atoms with Crippen molar-refractivity contribution < 1.29 is 5.11 Å². The maximum absolute atomic E-state index is 9.45. The number of aliphatic hydroxyl groups excluding tert-OH is 1. The zero-order valence-electron chi connectivity index (χ0n) is 9.84. The number of hydrogen-bond donors (Lipinski definition) is 1. The van der Waals surface area contributed by atoms with Crippen LogP contribution < -0.4 is 0 Å². The van der Waals surface area contributed by atoms with Crippen molar-refractivity contribution in [3.8, 4) is 0 Å². The normalized spacial score (nSPS) is 17.8. The fraction of sp³-hybridized carbons (Fsp3) is 0.429. The Labute approximate surface area is 112 Å². The third kappa shape index (κ3) is 4.41. The van der Waals surface area contributed by atoms with Gasteiger partial charge in [0.15, 0.2) is 0 Å². The Morgan fingerprint density at radius 3 is 2.53 bits per heavy atom. The summed E-state index contributed by atoms with van der Waals surface area (Å²) in [5, 5.41) is 9.45. The van der Waals surface area contributed by atoms with E-state index in [0.29, 0.717) is 0 Å². The molecule has 1 N–H and O–H groups in total. The standard InChI is InChI=1S/C14H18OS2/c15-11-13(9-12-5-2-1-3-6-12)10-14-16-7-4-8-17-14/h1-3,5-6,10,13,15H,4,7-9,11H2/t13-/m0/s1. The van der Waals surface area contributed by atoms with Crippen LogP contribution in [0, 0.1) is 5.92 Å². The van der Waals surface area contributed by atoms with E-state index in [1.54, 1.807) is 0 Å². The van der Waals surface area contributed by atoms with E-state index < -0.39 is 0 Å². The molecule has 0 spiro atoms. The first-order chi connectivity index (χ1) is 8.38. The highest BCUT2D eigenvalue weighted by Crippen LogP contribution is 2.35. The molecule has 1 aromatic carbocycles. The predicted octanol–water partition coefficient (Wildman–Crippen LogP) is 3.55. The fourth-order valence-electron chi connectivity index (χ4n) is 1.83. The zero-order valence-corrected chi connectivity index (χ0v) is 11.5. The summed E-state index contributed by atoms with van der Waals surface area (Å²) in [6, 6.07) is 10.4. The van der Waals surface area contributed by atoms with E-state index in [0.717, 1.165) is 6.42 Å².